The minimum Gasteiger partial charge on any atom is -0.480 e. The molecule has 0 aliphatic carbocycles. The van der Waals surface area contributed by atoms with Crippen LogP contribution in [0.4, 0.5) is 4.79 Å². The lowest BCUT2D eigenvalue weighted by atomic mass is 10.0. The number of aliphatic carboxylic acids is 1. The number of carboxylic acids is 1. The number of carbonyl (C=O) groups is 3. The molecule has 0 heterocycles. The number of aliphatic hydroxyl groups excluding tert-OH is 1. The molecule has 0 aliphatic rings. The third-order valence-corrected chi connectivity index (χ3v) is 3.46. The van der Waals surface area contributed by atoms with E-state index in [0.29, 0.717) is 6.42 Å². The van der Waals surface area contributed by atoms with Gasteiger partial charge in [0, 0.05) is 6.54 Å². The van der Waals surface area contributed by atoms with Crippen LogP contribution in [0.3, 0.4) is 0 Å². The van der Waals surface area contributed by atoms with Crippen LogP contribution in [-0.4, -0.2) is 46.9 Å². The summed E-state index contributed by atoms with van der Waals surface area (Å²) in [6.45, 7) is 3.62. The lowest BCUT2D eigenvalue weighted by Crippen LogP contribution is -2.44. The molecule has 26 heavy (non-hydrogen) atoms. The van der Waals surface area contributed by atoms with Crippen molar-refractivity contribution >= 4 is 18.0 Å². The van der Waals surface area contributed by atoms with Gasteiger partial charge in [0.05, 0.1) is 12.5 Å². The maximum absolute atomic E-state index is 11.8. The highest BCUT2D eigenvalue weighted by Crippen LogP contribution is 2.06. The molecular formula is C18H26N2O6. The van der Waals surface area contributed by atoms with Crippen LogP contribution in [0.1, 0.15) is 32.3 Å². The van der Waals surface area contributed by atoms with Crippen LogP contribution in [-0.2, 0) is 20.9 Å². The summed E-state index contributed by atoms with van der Waals surface area (Å²) >= 11 is 0. The van der Waals surface area contributed by atoms with Gasteiger partial charge in [0.25, 0.3) is 0 Å². The van der Waals surface area contributed by atoms with E-state index in [4.69, 9.17) is 9.84 Å². The van der Waals surface area contributed by atoms with Crippen LogP contribution < -0.4 is 10.6 Å². The molecule has 1 aromatic rings. The first kappa shape index (κ1) is 21.4. The van der Waals surface area contributed by atoms with Crippen molar-refractivity contribution in [2.75, 3.05) is 6.54 Å². The fraction of sp³-hybridized carbons (Fsp3) is 0.500. The van der Waals surface area contributed by atoms with Gasteiger partial charge in [-0.15, -0.1) is 0 Å². The van der Waals surface area contributed by atoms with Crippen LogP contribution in [0.15, 0.2) is 30.3 Å². The molecule has 0 aromatic heterocycles. The van der Waals surface area contributed by atoms with Gasteiger partial charge in [0.2, 0.25) is 5.91 Å². The molecule has 0 fully saturated rings. The number of nitrogens with one attached hydrogen (secondary N) is 2. The molecule has 0 radical (unpaired) electrons. The van der Waals surface area contributed by atoms with Gasteiger partial charge in [-0.1, -0.05) is 44.2 Å². The smallest absolute Gasteiger partial charge is 0.407 e. The van der Waals surface area contributed by atoms with E-state index in [0.717, 1.165) is 5.56 Å². The molecule has 0 saturated carbocycles. The normalized spacial score (nSPS) is 12.9. The van der Waals surface area contributed by atoms with Crippen LogP contribution >= 0.6 is 0 Å². The van der Waals surface area contributed by atoms with Gasteiger partial charge in [0.15, 0.2) is 0 Å². The molecule has 0 aliphatic heterocycles. The lowest BCUT2D eigenvalue weighted by Gasteiger charge is -2.18. The van der Waals surface area contributed by atoms with Crippen molar-refractivity contribution in [2.24, 2.45) is 5.92 Å². The zero-order chi connectivity index (χ0) is 19.5. The van der Waals surface area contributed by atoms with Crippen molar-refractivity contribution in [3.63, 3.8) is 0 Å². The predicted octanol–water partition coefficient (Wildman–Crippen LogP) is 1.28. The summed E-state index contributed by atoms with van der Waals surface area (Å²) in [7, 11) is 0. The SMILES string of the molecule is CC(C)C[C@@H](NC(=O)C[C@H](O)CNC(=O)OCc1ccccc1)C(=O)O. The number of alkyl carbamates (subject to hydrolysis) is 1. The van der Waals surface area contributed by atoms with Crippen molar-refractivity contribution in [3.05, 3.63) is 35.9 Å². The first-order valence-electron chi connectivity index (χ1n) is 8.42. The van der Waals surface area contributed by atoms with Gasteiger partial charge in [-0.25, -0.2) is 9.59 Å². The summed E-state index contributed by atoms with van der Waals surface area (Å²) in [6, 6.07) is 8.11. The Morgan fingerprint density at radius 1 is 1.15 bits per heavy atom. The van der Waals surface area contributed by atoms with Gasteiger partial charge in [-0.3, -0.25) is 4.79 Å². The molecular weight excluding hydrogens is 340 g/mol. The van der Waals surface area contributed by atoms with E-state index in [2.05, 4.69) is 10.6 Å². The van der Waals surface area contributed by atoms with Crippen LogP contribution in [0.5, 0.6) is 0 Å². The lowest BCUT2D eigenvalue weighted by molar-refractivity contribution is -0.142. The molecule has 8 heteroatoms. The Balaban J connectivity index is 2.29. The van der Waals surface area contributed by atoms with E-state index in [9.17, 15) is 19.5 Å². The number of carbonyl (C=O) groups excluding carboxylic acids is 2. The summed E-state index contributed by atoms with van der Waals surface area (Å²) in [5.41, 5.74) is 0.826. The number of hydrogen-bond acceptors (Lipinski definition) is 5. The second kappa shape index (κ2) is 11.1. The first-order chi connectivity index (χ1) is 12.3. The molecule has 0 saturated heterocycles. The summed E-state index contributed by atoms with van der Waals surface area (Å²) in [5, 5.41) is 23.6. The van der Waals surface area contributed by atoms with E-state index < -0.39 is 30.1 Å². The van der Waals surface area contributed by atoms with Crippen LogP contribution in [0, 0.1) is 5.92 Å². The topological polar surface area (TPSA) is 125 Å². The van der Waals surface area contributed by atoms with Gasteiger partial charge in [0.1, 0.15) is 12.6 Å². The molecule has 0 spiro atoms. The molecule has 1 rings (SSSR count). The van der Waals surface area contributed by atoms with Crippen LogP contribution in [0.25, 0.3) is 0 Å². The average Bonchev–Trinajstić information content (AvgIpc) is 2.58. The molecule has 144 valence electrons. The second-order valence-corrected chi connectivity index (χ2v) is 6.39. The quantitative estimate of drug-likeness (QED) is 0.494. The molecule has 2 atom stereocenters. The zero-order valence-corrected chi connectivity index (χ0v) is 15.0. The summed E-state index contributed by atoms with van der Waals surface area (Å²) in [4.78, 5) is 34.5. The minimum atomic E-state index is -1.15. The number of aliphatic hydroxyl groups is 1. The highest BCUT2D eigenvalue weighted by atomic mass is 16.5. The first-order valence-corrected chi connectivity index (χ1v) is 8.42. The number of rotatable bonds is 10. The van der Waals surface area contributed by atoms with Crippen molar-refractivity contribution in [2.45, 2.75) is 45.4 Å². The Kier molecular flexibility index (Phi) is 9.14. The Bertz CT molecular complexity index is 591. The molecule has 0 bridgehead atoms. The molecule has 8 nitrogen and oxygen atoms in total. The molecule has 0 unspecified atom stereocenters. The third-order valence-electron chi connectivity index (χ3n) is 3.46. The summed E-state index contributed by atoms with van der Waals surface area (Å²) in [5.74, 6) is -1.61. The van der Waals surface area contributed by atoms with Crippen molar-refractivity contribution in [1.82, 2.24) is 10.6 Å². The highest BCUT2D eigenvalue weighted by Gasteiger charge is 2.22. The summed E-state index contributed by atoms with van der Waals surface area (Å²) < 4.78 is 4.98. The number of benzene rings is 1. The third kappa shape index (κ3) is 9.03. The Labute approximate surface area is 152 Å². The van der Waals surface area contributed by atoms with E-state index in [1.165, 1.54) is 0 Å². The standard InChI is InChI=1S/C18H26N2O6/c1-12(2)8-15(17(23)24)20-16(22)9-14(21)10-19-18(25)26-11-13-6-4-3-5-7-13/h3-7,12,14-15,21H,8-11H2,1-2H3,(H,19,25)(H,20,22)(H,23,24)/t14-,15+/m0/s1. The Hall–Kier alpha value is -2.61. The van der Waals surface area contributed by atoms with Crippen molar-refractivity contribution in [3.8, 4) is 0 Å². The predicted molar refractivity (Wildman–Crippen MR) is 94.3 cm³/mol. The zero-order valence-electron chi connectivity index (χ0n) is 15.0. The Morgan fingerprint density at radius 3 is 2.38 bits per heavy atom. The maximum Gasteiger partial charge on any atom is 0.407 e. The van der Waals surface area contributed by atoms with Gasteiger partial charge in [-0.2, -0.15) is 0 Å². The molecule has 2 amide bonds. The largest absolute Gasteiger partial charge is 0.480 e. The van der Waals surface area contributed by atoms with E-state index in [-0.39, 0.29) is 25.5 Å². The molecule has 4 N–H and O–H groups in total. The number of carboxylic acid groups (broad SMARTS) is 1. The second-order valence-electron chi connectivity index (χ2n) is 6.39. The molecule has 1 aromatic carbocycles. The van der Waals surface area contributed by atoms with Crippen molar-refractivity contribution < 1.29 is 29.3 Å². The fourth-order valence-electron chi connectivity index (χ4n) is 2.21. The monoisotopic (exact) mass is 366 g/mol. The van der Waals surface area contributed by atoms with E-state index in [1.807, 2.05) is 44.2 Å². The van der Waals surface area contributed by atoms with E-state index >= 15 is 0 Å². The maximum atomic E-state index is 11.8. The Morgan fingerprint density at radius 2 is 1.81 bits per heavy atom. The average molecular weight is 366 g/mol. The van der Waals surface area contributed by atoms with Gasteiger partial charge >= 0.3 is 12.1 Å². The van der Waals surface area contributed by atoms with Crippen molar-refractivity contribution in [1.29, 1.82) is 0 Å². The highest BCUT2D eigenvalue weighted by molar-refractivity contribution is 5.83. The number of hydrogen-bond donors (Lipinski definition) is 4. The fourth-order valence-corrected chi connectivity index (χ4v) is 2.21. The summed E-state index contributed by atoms with van der Waals surface area (Å²) in [6.07, 6.45) is -1.88. The van der Waals surface area contributed by atoms with Crippen LogP contribution in [0.2, 0.25) is 0 Å². The minimum absolute atomic E-state index is 0.0960. The number of amides is 2. The van der Waals surface area contributed by atoms with Gasteiger partial charge in [-0.05, 0) is 17.9 Å². The van der Waals surface area contributed by atoms with Gasteiger partial charge < -0.3 is 25.6 Å². The van der Waals surface area contributed by atoms with E-state index in [1.54, 1.807) is 0 Å². The number of ether oxygens (including phenoxy) is 1.